The van der Waals surface area contributed by atoms with Gasteiger partial charge in [-0.3, -0.25) is 4.79 Å². The van der Waals surface area contributed by atoms with E-state index in [2.05, 4.69) is 15.9 Å². The molecule has 4 nitrogen and oxygen atoms in total. The Morgan fingerprint density at radius 1 is 1.38 bits per heavy atom. The lowest BCUT2D eigenvalue weighted by molar-refractivity contribution is 0.0727. The van der Waals surface area contributed by atoms with Gasteiger partial charge in [0.25, 0.3) is 5.91 Å². The van der Waals surface area contributed by atoms with Gasteiger partial charge in [-0.1, -0.05) is 15.9 Å². The van der Waals surface area contributed by atoms with Gasteiger partial charge in [-0.15, -0.1) is 0 Å². The van der Waals surface area contributed by atoms with Crippen LogP contribution >= 0.6 is 15.9 Å². The maximum atomic E-state index is 12.8. The van der Waals surface area contributed by atoms with E-state index >= 15 is 0 Å². The summed E-state index contributed by atoms with van der Waals surface area (Å²) in [5.74, 6) is 1.33. The van der Waals surface area contributed by atoms with Crippen molar-refractivity contribution in [3.63, 3.8) is 0 Å². The Balaban J connectivity index is 2.18. The second kappa shape index (κ2) is 7.69. The van der Waals surface area contributed by atoms with E-state index < -0.39 is 0 Å². The number of likely N-dealkylation sites (tertiary alicyclic amines) is 1. The lowest BCUT2D eigenvalue weighted by Gasteiger charge is -2.25. The first-order valence-electron chi connectivity index (χ1n) is 7.30. The summed E-state index contributed by atoms with van der Waals surface area (Å²) in [6.45, 7) is 0.834. The van der Waals surface area contributed by atoms with Crippen LogP contribution in [-0.2, 0) is 0 Å². The number of methoxy groups -OCH3 is 2. The number of hydrogen-bond donors (Lipinski definition) is 0. The number of ether oxygens (including phenoxy) is 2. The van der Waals surface area contributed by atoms with Gasteiger partial charge in [0.15, 0.2) is 0 Å². The van der Waals surface area contributed by atoms with Crippen LogP contribution in [0.3, 0.4) is 0 Å². The third kappa shape index (κ3) is 3.70. The van der Waals surface area contributed by atoms with Crippen molar-refractivity contribution in [2.75, 3.05) is 26.1 Å². The van der Waals surface area contributed by atoms with E-state index in [1.807, 2.05) is 4.90 Å². The molecule has 116 valence electrons. The molecule has 1 fully saturated rings. The minimum Gasteiger partial charge on any atom is -0.497 e. The molecule has 0 radical (unpaired) electrons. The predicted molar refractivity (Wildman–Crippen MR) is 86.6 cm³/mol. The minimum absolute atomic E-state index is 0.0616. The number of carbonyl (C=O) groups is 1. The van der Waals surface area contributed by atoms with Gasteiger partial charge in [-0.2, -0.15) is 0 Å². The quantitative estimate of drug-likeness (QED) is 0.733. The standard InChI is InChI=1S/C16H22BrNO3/c1-20-13-7-8-14(15(11-13)21-2)16(19)18-10-4-6-12(18)5-3-9-17/h7-8,11-12H,3-6,9-10H2,1-2H3. The third-order valence-electron chi connectivity index (χ3n) is 3.95. The molecule has 0 spiro atoms. The first-order chi connectivity index (χ1) is 10.2. The molecule has 1 heterocycles. The number of amides is 1. The molecule has 21 heavy (non-hydrogen) atoms. The van der Waals surface area contributed by atoms with Crippen LogP contribution in [0.25, 0.3) is 0 Å². The molecule has 5 heteroatoms. The van der Waals surface area contributed by atoms with Crippen LogP contribution in [-0.4, -0.2) is 42.9 Å². The molecule has 1 aliphatic heterocycles. The highest BCUT2D eigenvalue weighted by Gasteiger charge is 2.30. The lowest BCUT2D eigenvalue weighted by atomic mass is 10.1. The second-order valence-corrected chi connectivity index (χ2v) is 5.99. The zero-order valence-corrected chi connectivity index (χ0v) is 14.2. The Bertz CT molecular complexity index is 492. The molecule has 0 bridgehead atoms. The Morgan fingerprint density at radius 3 is 2.86 bits per heavy atom. The van der Waals surface area contributed by atoms with E-state index in [-0.39, 0.29) is 5.91 Å². The van der Waals surface area contributed by atoms with Crippen molar-refractivity contribution >= 4 is 21.8 Å². The summed E-state index contributed by atoms with van der Waals surface area (Å²) in [6, 6.07) is 5.71. The first-order valence-corrected chi connectivity index (χ1v) is 8.42. The molecule has 1 unspecified atom stereocenters. The van der Waals surface area contributed by atoms with Crippen molar-refractivity contribution < 1.29 is 14.3 Å². The average Bonchev–Trinajstić information content (AvgIpc) is 2.99. The summed E-state index contributed by atoms with van der Waals surface area (Å²) in [5.41, 5.74) is 0.615. The van der Waals surface area contributed by atoms with Gasteiger partial charge >= 0.3 is 0 Å². The zero-order chi connectivity index (χ0) is 15.2. The Hall–Kier alpha value is -1.23. The van der Waals surface area contributed by atoms with E-state index in [9.17, 15) is 4.79 Å². The normalized spacial score (nSPS) is 17.9. The summed E-state index contributed by atoms with van der Waals surface area (Å²) in [5, 5.41) is 0.984. The van der Waals surface area contributed by atoms with Crippen LogP contribution < -0.4 is 9.47 Å². The van der Waals surface area contributed by atoms with Crippen LogP contribution in [0, 0.1) is 0 Å². The van der Waals surface area contributed by atoms with Crippen molar-refractivity contribution in [3.05, 3.63) is 23.8 Å². The van der Waals surface area contributed by atoms with E-state index in [0.29, 0.717) is 23.1 Å². The Kier molecular flexibility index (Phi) is 5.91. The number of carbonyl (C=O) groups excluding carboxylic acids is 1. The molecule has 1 amide bonds. The molecule has 1 saturated heterocycles. The second-order valence-electron chi connectivity index (χ2n) is 5.19. The summed E-state index contributed by atoms with van der Waals surface area (Å²) in [6.07, 6.45) is 4.32. The summed E-state index contributed by atoms with van der Waals surface area (Å²) in [4.78, 5) is 14.8. The number of nitrogens with zero attached hydrogens (tertiary/aromatic N) is 1. The number of hydrogen-bond acceptors (Lipinski definition) is 3. The van der Waals surface area contributed by atoms with Crippen LogP contribution in [0.4, 0.5) is 0 Å². The fraction of sp³-hybridized carbons (Fsp3) is 0.562. The van der Waals surface area contributed by atoms with Crippen LogP contribution in [0.15, 0.2) is 18.2 Å². The first kappa shape index (κ1) is 16.1. The van der Waals surface area contributed by atoms with Gasteiger partial charge in [0, 0.05) is 24.0 Å². The number of alkyl halides is 1. The highest BCUT2D eigenvalue weighted by atomic mass is 79.9. The van der Waals surface area contributed by atoms with Gasteiger partial charge in [0.2, 0.25) is 0 Å². The highest BCUT2D eigenvalue weighted by Crippen LogP contribution is 2.29. The fourth-order valence-corrected chi connectivity index (χ4v) is 3.17. The SMILES string of the molecule is COc1ccc(C(=O)N2CCCC2CCCBr)c(OC)c1. The maximum absolute atomic E-state index is 12.8. The maximum Gasteiger partial charge on any atom is 0.257 e. The molecule has 0 N–H and O–H groups in total. The van der Waals surface area contributed by atoms with Crippen molar-refractivity contribution in [1.29, 1.82) is 0 Å². The molecule has 2 rings (SSSR count). The Morgan fingerprint density at radius 2 is 2.19 bits per heavy atom. The van der Waals surface area contributed by atoms with Gasteiger partial charge in [0.05, 0.1) is 19.8 Å². The summed E-state index contributed by atoms with van der Waals surface area (Å²) >= 11 is 3.46. The van der Waals surface area contributed by atoms with Gasteiger partial charge < -0.3 is 14.4 Å². The number of halogens is 1. The van der Waals surface area contributed by atoms with E-state index in [1.54, 1.807) is 32.4 Å². The van der Waals surface area contributed by atoms with Crippen molar-refractivity contribution in [3.8, 4) is 11.5 Å². The van der Waals surface area contributed by atoms with E-state index in [0.717, 1.165) is 37.6 Å². The molecule has 0 saturated carbocycles. The smallest absolute Gasteiger partial charge is 0.257 e. The van der Waals surface area contributed by atoms with Crippen LogP contribution in [0.5, 0.6) is 11.5 Å². The third-order valence-corrected chi connectivity index (χ3v) is 4.51. The summed E-state index contributed by atoms with van der Waals surface area (Å²) < 4.78 is 10.5. The number of benzene rings is 1. The lowest BCUT2D eigenvalue weighted by Crippen LogP contribution is -2.35. The predicted octanol–water partition coefficient (Wildman–Crippen LogP) is 3.48. The molecule has 1 aliphatic rings. The van der Waals surface area contributed by atoms with Gasteiger partial charge in [0.1, 0.15) is 11.5 Å². The molecular formula is C16H22BrNO3. The molecule has 1 atom stereocenters. The van der Waals surface area contributed by atoms with Crippen LogP contribution in [0.1, 0.15) is 36.0 Å². The number of rotatable bonds is 6. The van der Waals surface area contributed by atoms with E-state index in [4.69, 9.17) is 9.47 Å². The van der Waals surface area contributed by atoms with E-state index in [1.165, 1.54) is 0 Å². The molecule has 0 aromatic heterocycles. The zero-order valence-electron chi connectivity index (χ0n) is 12.6. The van der Waals surface area contributed by atoms with Crippen molar-refractivity contribution in [2.45, 2.75) is 31.7 Å². The van der Waals surface area contributed by atoms with Gasteiger partial charge in [-0.25, -0.2) is 0 Å². The van der Waals surface area contributed by atoms with Crippen LogP contribution in [0.2, 0.25) is 0 Å². The minimum atomic E-state index is 0.0616. The average molecular weight is 356 g/mol. The van der Waals surface area contributed by atoms with Gasteiger partial charge in [-0.05, 0) is 37.8 Å². The highest BCUT2D eigenvalue weighted by molar-refractivity contribution is 9.09. The Labute approximate surface area is 134 Å². The summed E-state index contributed by atoms with van der Waals surface area (Å²) in [7, 11) is 3.19. The van der Waals surface area contributed by atoms with Crippen molar-refractivity contribution in [1.82, 2.24) is 4.90 Å². The molecule has 1 aromatic rings. The largest absolute Gasteiger partial charge is 0.497 e. The topological polar surface area (TPSA) is 38.8 Å². The molecular weight excluding hydrogens is 334 g/mol. The van der Waals surface area contributed by atoms with Crippen molar-refractivity contribution in [2.24, 2.45) is 0 Å². The molecule has 0 aliphatic carbocycles. The molecule has 1 aromatic carbocycles. The fourth-order valence-electron chi connectivity index (χ4n) is 2.85. The monoisotopic (exact) mass is 355 g/mol.